The van der Waals surface area contributed by atoms with Crippen LogP contribution in [0.25, 0.3) is 0 Å². The van der Waals surface area contributed by atoms with Crippen LogP contribution in [0.2, 0.25) is 0 Å². The topological polar surface area (TPSA) is 41.1 Å². The normalized spacial score (nSPS) is 16.6. The predicted molar refractivity (Wildman–Crippen MR) is 71.6 cm³/mol. The third-order valence-corrected chi connectivity index (χ3v) is 3.18. The molecule has 1 aliphatic rings. The minimum Gasteiger partial charge on any atom is -0.349 e. The van der Waals surface area contributed by atoms with Crippen LogP contribution in [-0.4, -0.2) is 25.2 Å². The van der Waals surface area contributed by atoms with E-state index in [9.17, 15) is 22.4 Å². The number of nitrogens with one attached hydrogen (secondary N) is 2. The van der Waals surface area contributed by atoms with Crippen LogP contribution < -0.4 is 10.6 Å². The highest BCUT2D eigenvalue weighted by atomic mass is 35.5. The molecule has 0 saturated carbocycles. The van der Waals surface area contributed by atoms with E-state index in [4.69, 9.17) is 0 Å². The molecule has 1 heterocycles. The standard InChI is InChI=1S/C13H14F4N2O.ClH/c14-10-3-1-8(2-4-10)11(5-13(15,16)17)19-12(20)9-6-18-7-9;/h1-4,9,11,18H,5-7H2,(H,19,20);1H. The van der Waals surface area contributed by atoms with Gasteiger partial charge in [0.05, 0.1) is 18.4 Å². The fourth-order valence-electron chi connectivity index (χ4n) is 1.94. The molecule has 2 rings (SSSR count). The highest BCUT2D eigenvalue weighted by Crippen LogP contribution is 2.30. The van der Waals surface area contributed by atoms with Crippen LogP contribution in [0.4, 0.5) is 17.6 Å². The Morgan fingerprint density at radius 2 is 1.86 bits per heavy atom. The van der Waals surface area contributed by atoms with E-state index in [0.717, 1.165) is 12.1 Å². The van der Waals surface area contributed by atoms with Crippen molar-refractivity contribution in [1.29, 1.82) is 0 Å². The maximum absolute atomic E-state index is 12.8. The predicted octanol–water partition coefficient (Wildman–Crippen LogP) is 2.58. The van der Waals surface area contributed by atoms with Crippen LogP contribution in [-0.2, 0) is 4.79 Å². The van der Waals surface area contributed by atoms with Crippen LogP contribution in [0.1, 0.15) is 18.0 Å². The molecule has 2 N–H and O–H groups in total. The van der Waals surface area contributed by atoms with E-state index in [2.05, 4.69) is 10.6 Å². The Bertz CT molecular complexity index is 474. The SMILES string of the molecule is Cl.O=C(NC(CC(F)(F)F)c1ccc(F)cc1)C1CNC1. The van der Waals surface area contributed by atoms with Gasteiger partial charge in [0, 0.05) is 13.1 Å². The average Bonchev–Trinajstić information content (AvgIpc) is 2.24. The molecule has 21 heavy (non-hydrogen) atoms. The molecule has 0 spiro atoms. The second-order valence-corrected chi connectivity index (χ2v) is 4.79. The quantitative estimate of drug-likeness (QED) is 0.835. The lowest BCUT2D eigenvalue weighted by molar-refractivity contribution is -0.144. The summed E-state index contributed by atoms with van der Waals surface area (Å²) in [6.07, 6.45) is -5.59. The van der Waals surface area contributed by atoms with Crippen molar-refractivity contribution in [3.05, 3.63) is 35.6 Å². The molecule has 1 aromatic carbocycles. The Morgan fingerprint density at radius 1 is 1.29 bits per heavy atom. The van der Waals surface area contributed by atoms with Gasteiger partial charge in [-0.25, -0.2) is 4.39 Å². The van der Waals surface area contributed by atoms with Crippen LogP contribution >= 0.6 is 12.4 Å². The first-order chi connectivity index (χ1) is 9.35. The minimum atomic E-state index is -4.41. The Balaban J connectivity index is 0.00000220. The summed E-state index contributed by atoms with van der Waals surface area (Å²) in [5, 5.41) is 5.27. The molecule has 1 fully saturated rings. The van der Waals surface area contributed by atoms with E-state index >= 15 is 0 Å². The second kappa shape index (κ2) is 7.09. The van der Waals surface area contributed by atoms with Crippen molar-refractivity contribution in [2.75, 3.05) is 13.1 Å². The van der Waals surface area contributed by atoms with Crippen LogP contribution in [0.3, 0.4) is 0 Å². The summed E-state index contributed by atoms with van der Waals surface area (Å²) < 4.78 is 50.6. The summed E-state index contributed by atoms with van der Waals surface area (Å²) in [6, 6.07) is 3.48. The van der Waals surface area contributed by atoms with Gasteiger partial charge < -0.3 is 10.6 Å². The molecule has 1 aromatic rings. The van der Waals surface area contributed by atoms with Crippen molar-refractivity contribution >= 4 is 18.3 Å². The first-order valence-corrected chi connectivity index (χ1v) is 6.18. The van der Waals surface area contributed by atoms with Crippen molar-refractivity contribution in [2.45, 2.75) is 18.6 Å². The Labute approximate surface area is 125 Å². The van der Waals surface area contributed by atoms with Crippen molar-refractivity contribution < 1.29 is 22.4 Å². The molecule has 0 bridgehead atoms. The van der Waals surface area contributed by atoms with E-state index in [1.54, 1.807) is 0 Å². The maximum atomic E-state index is 12.8. The van der Waals surface area contributed by atoms with E-state index in [-0.39, 0.29) is 23.9 Å². The number of rotatable bonds is 4. The van der Waals surface area contributed by atoms with E-state index in [1.807, 2.05) is 0 Å². The van der Waals surface area contributed by atoms with Gasteiger partial charge in [-0.3, -0.25) is 4.79 Å². The number of amides is 1. The summed E-state index contributed by atoms with van der Waals surface area (Å²) in [6.45, 7) is 0.933. The Kier molecular flexibility index (Phi) is 5.98. The minimum absolute atomic E-state index is 0. The molecule has 3 nitrogen and oxygen atoms in total. The zero-order valence-corrected chi connectivity index (χ0v) is 11.7. The number of hydrogen-bond donors (Lipinski definition) is 2. The third kappa shape index (κ3) is 5.17. The third-order valence-electron chi connectivity index (χ3n) is 3.18. The Hall–Kier alpha value is -1.34. The number of carbonyl (C=O) groups excluding carboxylic acids is 1. The van der Waals surface area contributed by atoms with Gasteiger partial charge in [0.15, 0.2) is 0 Å². The van der Waals surface area contributed by atoms with E-state index in [1.165, 1.54) is 12.1 Å². The molecular formula is C13H15ClF4N2O. The smallest absolute Gasteiger partial charge is 0.349 e. The molecule has 1 amide bonds. The van der Waals surface area contributed by atoms with Gasteiger partial charge in [0.1, 0.15) is 5.82 Å². The number of benzene rings is 1. The highest BCUT2D eigenvalue weighted by molar-refractivity contribution is 5.85. The van der Waals surface area contributed by atoms with Crippen LogP contribution in [0.5, 0.6) is 0 Å². The molecule has 0 radical (unpaired) electrons. The largest absolute Gasteiger partial charge is 0.391 e. The van der Waals surface area contributed by atoms with Gasteiger partial charge in [0.25, 0.3) is 0 Å². The lowest BCUT2D eigenvalue weighted by Gasteiger charge is -2.29. The van der Waals surface area contributed by atoms with Crippen molar-refractivity contribution in [2.24, 2.45) is 5.92 Å². The average molecular weight is 327 g/mol. The molecule has 0 aliphatic carbocycles. The highest BCUT2D eigenvalue weighted by Gasteiger charge is 2.35. The van der Waals surface area contributed by atoms with Gasteiger partial charge in [-0.2, -0.15) is 13.2 Å². The number of halogens is 5. The van der Waals surface area contributed by atoms with Gasteiger partial charge in [0.2, 0.25) is 5.91 Å². The van der Waals surface area contributed by atoms with E-state index < -0.39 is 30.4 Å². The van der Waals surface area contributed by atoms with Gasteiger partial charge in [-0.15, -0.1) is 12.4 Å². The maximum Gasteiger partial charge on any atom is 0.391 e. The first-order valence-electron chi connectivity index (χ1n) is 6.18. The first kappa shape index (κ1) is 17.7. The molecule has 0 aromatic heterocycles. The molecule has 1 saturated heterocycles. The van der Waals surface area contributed by atoms with Crippen molar-refractivity contribution in [3.8, 4) is 0 Å². The summed E-state index contributed by atoms with van der Waals surface area (Å²) in [4.78, 5) is 11.8. The number of carbonyl (C=O) groups is 1. The fourth-order valence-corrected chi connectivity index (χ4v) is 1.94. The van der Waals surface area contributed by atoms with Gasteiger partial charge >= 0.3 is 6.18 Å². The fraction of sp³-hybridized carbons (Fsp3) is 0.462. The van der Waals surface area contributed by atoms with Crippen LogP contribution in [0.15, 0.2) is 24.3 Å². The monoisotopic (exact) mass is 326 g/mol. The van der Waals surface area contributed by atoms with Gasteiger partial charge in [-0.05, 0) is 17.7 Å². The van der Waals surface area contributed by atoms with Crippen LogP contribution in [0, 0.1) is 11.7 Å². The van der Waals surface area contributed by atoms with E-state index in [0.29, 0.717) is 13.1 Å². The van der Waals surface area contributed by atoms with Crippen molar-refractivity contribution in [3.63, 3.8) is 0 Å². The lowest BCUT2D eigenvalue weighted by Crippen LogP contribution is -2.51. The lowest BCUT2D eigenvalue weighted by atomic mass is 9.99. The van der Waals surface area contributed by atoms with Crippen molar-refractivity contribution in [1.82, 2.24) is 10.6 Å². The summed E-state index contributed by atoms with van der Waals surface area (Å²) in [7, 11) is 0. The van der Waals surface area contributed by atoms with Gasteiger partial charge in [-0.1, -0.05) is 12.1 Å². The molecule has 118 valence electrons. The molecular weight excluding hydrogens is 312 g/mol. The Morgan fingerprint density at radius 3 is 2.29 bits per heavy atom. The number of hydrogen-bond acceptors (Lipinski definition) is 2. The second-order valence-electron chi connectivity index (χ2n) is 4.79. The number of alkyl halides is 3. The zero-order valence-electron chi connectivity index (χ0n) is 10.9. The summed E-state index contributed by atoms with van der Waals surface area (Å²) >= 11 is 0. The molecule has 1 atom stereocenters. The zero-order chi connectivity index (χ0) is 14.8. The summed E-state index contributed by atoms with van der Waals surface area (Å²) in [5.74, 6) is -1.25. The molecule has 1 unspecified atom stereocenters. The molecule has 1 aliphatic heterocycles. The molecule has 8 heteroatoms. The summed E-state index contributed by atoms with van der Waals surface area (Å²) in [5.41, 5.74) is 0.240.